The van der Waals surface area contributed by atoms with Gasteiger partial charge in [-0.1, -0.05) is 6.08 Å². The third-order valence-corrected chi connectivity index (χ3v) is 2.19. The predicted octanol–water partition coefficient (Wildman–Crippen LogP) is 1.10. The molecule has 1 aromatic heterocycles. The van der Waals surface area contributed by atoms with Crippen LogP contribution in [0.3, 0.4) is 0 Å². The zero-order valence-corrected chi connectivity index (χ0v) is 8.72. The summed E-state index contributed by atoms with van der Waals surface area (Å²) in [6.07, 6.45) is 1.84. The molecule has 6 nitrogen and oxygen atoms in total. The first kappa shape index (κ1) is 10.9. The molecule has 0 saturated heterocycles. The van der Waals surface area contributed by atoms with E-state index in [4.69, 9.17) is 0 Å². The molecule has 0 radical (unpaired) electrons. The molecule has 7 heteroatoms. The molecule has 1 atom stereocenters. The van der Waals surface area contributed by atoms with Crippen LogP contribution in [0.2, 0.25) is 0 Å². The van der Waals surface area contributed by atoms with Gasteiger partial charge in [0.25, 0.3) is 4.73 Å². The molecule has 0 aliphatic rings. The van der Waals surface area contributed by atoms with Crippen molar-refractivity contribution in [1.82, 2.24) is 9.55 Å². The normalized spacial score (nSPS) is 12.4. The van der Waals surface area contributed by atoms with E-state index in [1.165, 1.54) is 16.8 Å². The van der Waals surface area contributed by atoms with E-state index in [-0.39, 0.29) is 12.4 Å². The molecule has 1 rings (SSSR count). The zero-order chi connectivity index (χ0) is 10.7. The largest absolute Gasteiger partial charge is 0.387 e. The van der Waals surface area contributed by atoms with Gasteiger partial charge < -0.3 is 15.2 Å². The topological polar surface area (TPSA) is 81.2 Å². The van der Waals surface area contributed by atoms with Crippen LogP contribution in [0.25, 0.3) is 0 Å². The second-order valence-electron chi connectivity index (χ2n) is 2.58. The van der Waals surface area contributed by atoms with Gasteiger partial charge >= 0.3 is 5.82 Å². The number of aromatic nitrogens is 2. The summed E-state index contributed by atoms with van der Waals surface area (Å²) in [4.78, 5) is 13.4. The highest BCUT2D eigenvalue weighted by Crippen LogP contribution is 2.16. The summed E-state index contributed by atoms with van der Waals surface area (Å²) in [5.74, 6) is -0.256. The summed E-state index contributed by atoms with van der Waals surface area (Å²) < 4.78 is 1.75. The molecule has 0 aliphatic heterocycles. The second kappa shape index (κ2) is 4.34. The number of nitrogens with zero attached hydrogens (tertiary/aromatic N) is 3. The number of aliphatic hydroxyl groups is 1. The number of hydrogen-bond donors (Lipinski definition) is 1. The van der Waals surface area contributed by atoms with Crippen LogP contribution in [0, 0.1) is 10.1 Å². The van der Waals surface area contributed by atoms with Crippen LogP contribution in [-0.4, -0.2) is 25.7 Å². The highest BCUT2D eigenvalue weighted by atomic mass is 79.9. The molecule has 0 unspecified atom stereocenters. The number of aliphatic hydroxyl groups excluding tert-OH is 1. The maximum Gasteiger partial charge on any atom is 0.382 e. The maximum atomic E-state index is 10.3. The fourth-order valence-corrected chi connectivity index (χ4v) is 1.30. The molecule has 0 saturated carbocycles. The zero-order valence-electron chi connectivity index (χ0n) is 7.13. The van der Waals surface area contributed by atoms with Gasteiger partial charge in [-0.05, 0) is 9.91 Å². The molecule has 14 heavy (non-hydrogen) atoms. The fraction of sp³-hybridized carbons (Fsp3) is 0.286. The lowest BCUT2D eigenvalue weighted by atomic mass is 10.3. The Morgan fingerprint density at radius 3 is 3.00 bits per heavy atom. The Balaban J connectivity index is 2.87. The van der Waals surface area contributed by atoms with Crippen molar-refractivity contribution in [1.29, 1.82) is 0 Å². The molecular formula is C7H8BrN3O3. The average molecular weight is 262 g/mol. The van der Waals surface area contributed by atoms with Crippen LogP contribution in [0.4, 0.5) is 5.82 Å². The highest BCUT2D eigenvalue weighted by molar-refractivity contribution is 9.10. The van der Waals surface area contributed by atoms with Crippen molar-refractivity contribution in [3.8, 4) is 0 Å². The van der Waals surface area contributed by atoms with Crippen LogP contribution < -0.4 is 0 Å². The number of hydrogen-bond acceptors (Lipinski definition) is 4. The number of imidazole rings is 1. The lowest BCUT2D eigenvalue weighted by molar-refractivity contribution is -0.389. The van der Waals surface area contributed by atoms with Crippen LogP contribution >= 0.6 is 15.9 Å². The molecule has 0 fully saturated rings. The fourth-order valence-electron chi connectivity index (χ4n) is 0.872. The van der Waals surface area contributed by atoms with Gasteiger partial charge in [-0.25, -0.2) is 0 Å². The Morgan fingerprint density at radius 2 is 2.57 bits per heavy atom. The van der Waals surface area contributed by atoms with Crippen LogP contribution in [0.5, 0.6) is 0 Å². The summed E-state index contributed by atoms with van der Waals surface area (Å²) in [6.45, 7) is 3.58. The van der Waals surface area contributed by atoms with E-state index in [0.717, 1.165) is 0 Å². The van der Waals surface area contributed by atoms with Gasteiger partial charge in [-0.15, -0.1) is 6.58 Å². The minimum absolute atomic E-state index is 0.185. The Kier molecular flexibility index (Phi) is 3.37. The van der Waals surface area contributed by atoms with Gasteiger partial charge in [0.1, 0.15) is 6.20 Å². The molecule has 0 amide bonds. The van der Waals surface area contributed by atoms with Gasteiger partial charge in [0.15, 0.2) is 0 Å². The van der Waals surface area contributed by atoms with Gasteiger partial charge in [0, 0.05) is 15.9 Å². The van der Waals surface area contributed by atoms with Crippen molar-refractivity contribution in [3.63, 3.8) is 0 Å². The molecule has 0 spiro atoms. The first-order valence-electron chi connectivity index (χ1n) is 3.72. The SMILES string of the molecule is C=C[C@@H](O)Cn1cc([N+](=O)[O-])nc1Br. The van der Waals surface area contributed by atoms with E-state index in [1.54, 1.807) is 0 Å². The van der Waals surface area contributed by atoms with Crippen molar-refractivity contribution < 1.29 is 10.0 Å². The molecule has 1 aromatic rings. The van der Waals surface area contributed by atoms with Gasteiger partial charge in [-0.3, -0.25) is 4.57 Å². The molecule has 0 aromatic carbocycles. The Bertz CT molecular complexity index is 363. The Hall–Kier alpha value is -1.21. The first-order valence-corrected chi connectivity index (χ1v) is 4.51. The van der Waals surface area contributed by atoms with Crippen LogP contribution in [0.15, 0.2) is 23.6 Å². The summed E-state index contributed by atoms with van der Waals surface area (Å²) in [5.41, 5.74) is 0. The molecule has 76 valence electrons. The van der Waals surface area contributed by atoms with E-state index in [9.17, 15) is 15.2 Å². The molecule has 0 aliphatic carbocycles. The standard InChI is InChI=1S/C7H8BrN3O3/c1-2-5(12)3-10-4-6(11(13)14)9-7(10)8/h2,4-5,12H,1,3H2/t5-/m1/s1. The summed E-state index contributed by atoms with van der Waals surface area (Å²) >= 11 is 3.05. The van der Waals surface area contributed by atoms with Gasteiger partial charge in [0.2, 0.25) is 0 Å². The smallest absolute Gasteiger partial charge is 0.382 e. The Morgan fingerprint density at radius 1 is 1.93 bits per heavy atom. The molecule has 1 heterocycles. The quantitative estimate of drug-likeness (QED) is 0.500. The van der Waals surface area contributed by atoms with Crippen LogP contribution in [0.1, 0.15) is 0 Å². The van der Waals surface area contributed by atoms with E-state index in [2.05, 4.69) is 27.5 Å². The predicted molar refractivity (Wildman–Crippen MR) is 52.8 cm³/mol. The molecule has 1 N–H and O–H groups in total. The van der Waals surface area contributed by atoms with Gasteiger partial charge in [-0.2, -0.15) is 0 Å². The van der Waals surface area contributed by atoms with Crippen LogP contribution in [-0.2, 0) is 6.54 Å². The Labute approximate surface area is 88.2 Å². The highest BCUT2D eigenvalue weighted by Gasteiger charge is 2.17. The van der Waals surface area contributed by atoms with Crippen molar-refractivity contribution >= 4 is 21.7 Å². The molecular weight excluding hydrogens is 254 g/mol. The third kappa shape index (κ3) is 2.39. The number of halogens is 1. The summed E-state index contributed by atoms with van der Waals surface area (Å²) in [5, 5.41) is 19.6. The number of nitro groups is 1. The van der Waals surface area contributed by atoms with E-state index >= 15 is 0 Å². The molecule has 0 bridgehead atoms. The second-order valence-corrected chi connectivity index (χ2v) is 3.29. The van der Waals surface area contributed by atoms with E-state index < -0.39 is 11.0 Å². The van der Waals surface area contributed by atoms with E-state index in [0.29, 0.717) is 4.73 Å². The maximum absolute atomic E-state index is 10.3. The summed E-state index contributed by atoms with van der Waals surface area (Å²) in [6, 6.07) is 0. The lowest BCUT2D eigenvalue weighted by Gasteiger charge is -2.04. The van der Waals surface area contributed by atoms with Crippen molar-refractivity contribution in [2.75, 3.05) is 0 Å². The first-order chi connectivity index (χ1) is 6.54. The monoisotopic (exact) mass is 261 g/mol. The van der Waals surface area contributed by atoms with Crippen molar-refractivity contribution in [2.24, 2.45) is 0 Å². The minimum atomic E-state index is -0.750. The minimum Gasteiger partial charge on any atom is -0.387 e. The number of rotatable bonds is 4. The lowest BCUT2D eigenvalue weighted by Crippen LogP contribution is -2.12. The summed E-state index contributed by atoms with van der Waals surface area (Å²) in [7, 11) is 0. The van der Waals surface area contributed by atoms with Gasteiger partial charge in [0.05, 0.1) is 12.6 Å². The van der Waals surface area contributed by atoms with Crippen molar-refractivity contribution in [3.05, 3.63) is 33.7 Å². The average Bonchev–Trinajstić information content (AvgIpc) is 2.48. The van der Waals surface area contributed by atoms with Crippen molar-refractivity contribution in [2.45, 2.75) is 12.6 Å². The third-order valence-electron chi connectivity index (χ3n) is 1.56. The van der Waals surface area contributed by atoms with E-state index in [1.807, 2.05) is 0 Å².